The molecule has 3 rings (SSSR count). The second-order valence-corrected chi connectivity index (χ2v) is 14.7. The number of esters is 1. The largest absolute Gasteiger partial charge is 0.467 e. The van der Waals surface area contributed by atoms with Crippen molar-refractivity contribution in [2.24, 2.45) is 11.3 Å². The van der Waals surface area contributed by atoms with Crippen molar-refractivity contribution in [2.45, 2.75) is 110 Å². The van der Waals surface area contributed by atoms with Gasteiger partial charge in [-0.15, -0.1) is 0 Å². The molecular weight excluding hydrogens is 570 g/mol. The molecule has 0 radical (unpaired) electrons. The van der Waals surface area contributed by atoms with Crippen LogP contribution in [0.25, 0.3) is 0 Å². The van der Waals surface area contributed by atoms with Crippen LogP contribution in [0.3, 0.4) is 0 Å². The first kappa shape index (κ1) is 36.5. The predicted molar refractivity (Wildman–Crippen MR) is 176 cm³/mol. The Bertz CT molecular complexity index is 1180. The molecule has 0 spiro atoms. The molecule has 2 aliphatic rings. The van der Waals surface area contributed by atoms with E-state index in [1.807, 2.05) is 72.0 Å². The molecule has 2 saturated heterocycles. The first-order valence-corrected chi connectivity index (χ1v) is 16.5. The van der Waals surface area contributed by atoms with Gasteiger partial charge in [-0.3, -0.25) is 19.3 Å². The summed E-state index contributed by atoms with van der Waals surface area (Å²) >= 11 is 0. The molecule has 2 unspecified atom stereocenters. The fourth-order valence-electron chi connectivity index (χ4n) is 7.04. The van der Waals surface area contributed by atoms with Gasteiger partial charge in [0, 0.05) is 31.6 Å². The van der Waals surface area contributed by atoms with Gasteiger partial charge in [-0.2, -0.15) is 0 Å². The molecule has 0 aliphatic carbocycles. The first-order chi connectivity index (χ1) is 21.1. The minimum absolute atomic E-state index is 0.0316. The summed E-state index contributed by atoms with van der Waals surface area (Å²) in [4.78, 5) is 59.9. The zero-order chi connectivity index (χ0) is 33.7. The van der Waals surface area contributed by atoms with E-state index in [0.717, 1.165) is 31.4 Å². The van der Waals surface area contributed by atoms with Crippen LogP contribution in [0.15, 0.2) is 30.3 Å². The van der Waals surface area contributed by atoms with Crippen LogP contribution < -0.4 is 10.6 Å². The summed E-state index contributed by atoms with van der Waals surface area (Å²) in [6.45, 7) is 15.9. The van der Waals surface area contributed by atoms with Gasteiger partial charge in [0.1, 0.15) is 12.1 Å². The van der Waals surface area contributed by atoms with Crippen LogP contribution in [0.2, 0.25) is 0 Å². The van der Waals surface area contributed by atoms with Gasteiger partial charge in [0.2, 0.25) is 17.7 Å². The summed E-state index contributed by atoms with van der Waals surface area (Å²) in [6.07, 6.45) is 2.99. The molecule has 5 atom stereocenters. The number of ether oxygens (including phenoxy) is 1. The lowest BCUT2D eigenvalue weighted by Crippen LogP contribution is -2.62. The second-order valence-electron chi connectivity index (χ2n) is 14.7. The summed E-state index contributed by atoms with van der Waals surface area (Å²) < 4.78 is 4.97. The predicted octanol–water partition coefficient (Wildman–Crippen LogP) is 3.19. The number of likely N-dealkylation sites (tertiary alicyclic amines) is 2. The molecular formula is C35H57N5O5. The number of carbonyl (C=O) groups excluding carboxylic acids is 4. The topological polar surface area (TPSA) is 111 Å². The average molecular weight is 628 g/mol. The smallest absolute Gasteiger partial charge is 0.328 e. The Morgan fingerprint density at radius 3 is 2.11 bits per heavy atom. The quantitative estimate of drug-likeness (QED) is 0.343. The highest BCUT2D eigenvalue weighted by atomic mass is 16.5. The van der Waals surface area contributed by atoms with Crippen molar-refractivity contribution in [3.63, 3.8) is 0 Å². The minimum atomic E-state index is -0.764. The van der Waals surface area contributed by atoms with Crippen molar-refractivity contribution in [3.05, 3.63) is 35.9 Å². The Hall–Kier alpha value is -2.98. The number of nitrogens with one attached hydrogen (secondary N) is 2. The Morgan fingerprint density at radius 1 is 0.956 bits per heavy atom. The van der Waals surface area contributed by atoms with E-state index in [4.69, 9.17) is 4.74 Å². The molecule has 0 saturated carbocycles. The van der Waals surface area contributed by atoms with Crippen molar-refractivity contribution < 1.29 is 23.9 Å². The highest BCUT2D eigenvalue weighted by molar-refractivity contribution is 5.91. The van der Waals surface area contributed by atoms with Crippen molar-refractivity contribution >= 4 is 23.7 Å². The molecule has 0 aromatic heterocycles. The third kappa shape index (κ3) is 8.25. The van der Waals surface area contributed by atoms with E-state index in [1.165, 1.54) is 7.11 Å². The summed E-state index contributed by atoms with van der Waals surface area (Å²) in [6, 6.07) is 7.52. The summed E-state index contributed by atoms with van der Waals surface area (Å²) in [5.74, 6) is -0.683. The van der Waals surface area contributed by atoms with Gasteiger partial charge in [0.05, 0.1) is 19.2 Å². The van der Waals surface area contributed by atoms with Gasteiger partial charge in [-0.1, -0.05) is 78.8 Å². The molecule has 252 valence electrons. The fourth-order valence-corrected chi connectivity index (χ4v) is 7.04. The zero-order valence-electron chi connectivity index (χ0n) is 29.2. The van der Waals surface area contributed by atoms with Crippen LogP contribution in [0.5, 0.6) is 0 Å². The van der Waals surface area contributed by atoms with Gasteiger partial charge in [-0.25, -0.2) is 4.79 Å². The number of likely N-dealkylation sites (N-methyl/N-ethyl adjacent to an activating group) is 2. The number of benzene rings is 1. The molecule has 45 heavy (non-hydrogen) atoms. The highest BCUT2D eigenvalue weighted by Gasteiger charge is 2.44. The molecule has 2 N–H and O–H groups in total. The van der Waals surface area contributed by atoms with Crippen molar-refractivity contribution in [1.29, 1.82) is 0 Å². The van der Waals surface area contributed by atoms with Gasteiger partial charge < -0.3 is 25.2 Å². The van der Waals surface area contributed by atoms with Gasteiger partial charge in [0.15, 0.2) is 0 Å². The lowest BCUT2D eigenvalue weighted by Gasteiger charge is -2.41. The molecule has 10 nitrogen and oxygen atoms in total. The maximum Gasteiger partial charge on any atom is 0.328 e. The Labute approximate surface area is 270 Å². The van der Waals surface area contributed by atoms with Gasteiger partial charge in [-0.05, 0) is 56.2 Å². The molecule has 1 aromatic carbocycles. The molecule has 0 bridgehead atoms. The Kier molecular flexibility index (Phi) is 12.2. The second kappa shape index (κ2) is 15.1. The van der Waals surface area contributed by atoms with Crippen LogP contribution in [0.4, 0.5) is 0 Å². The third-order valence-corrected chi connectivity index (χ3v) is 9.88. The molecule has 3 amide bonds. The van der Waals surface area contributed by atoms with Crippen LogP contribution in [-0.4, -0.2) is 109 Å². The lowest BCUT2D eigenvalue weighted by molar-refractivity contribution is -0.152. The summed E-state index contributed by atoms with van der Waals surface area (Å²) in [5.41, 5.74) is -0.0587. The van der Waals surface area contributed by atoms with Gasteiger partial charge in [0.25, 0.3) is 0 Å². The Morgan fingerprint density at radius 2 is 1.56 bits per heavy atom. The number of carbonyl (C=O) groups is 4. The number of rotatable bonds is 12. The molecule has 2 aliphatic heterocycles. The number of methoxy groups -OCH3 is 1. The number of hydrogen-bond donors (Lipinski definition) is 2. The van der Waals surface area contributed by atoms with E-state index in [2.05, 4.69) is 29.4 Å². The molecule has 1 aromatic rings. The fraction of sp³-hybridized carbons (Fsp3) is 0.714. The van der Waals surface area contributed by atoms with Crippen LogP contribution >= 0.6 is 0 Å². The van der Waals surface area contributed by atoms with Crippen molar-refractivity contribution in [2.75, 3.05) is 40.8 Å². The first-order valence-electron chi connectivity index (χ1n) is 16.5. The van der Waals surface area contributed by atoms with Gasteiger partial charge >= 0.3 is 5.97 Å². The van der Waals surface area contributed by atoms with Crippen molar-refractivity contribution in [3.8, 4) is 0 Å². The van der Waals surface area contributed by atoms with E-state index < -0.39 is 29.0 Å². The van der Waals surface area contributed by atoms with Crippen LogP contribution in [-0.2, 0) is 29.3 Å². The Balaban J connectivity index is 1.79. The van der Waals surface area contributed by atoms with E-state index in [0.29, 0.717) is 19.5 Å². The zero-order valence-corrected chi connectivity index (χ0v) is 29.2. The molecule has 10 heteroatoms. The number of nitrogens with zero attached hydrogens (tertiary/aromatic N) is 3. The average Bonchev–Trinajstić information content (AvgIpc) is 3.67. The van der Waals surface area contributed by atoms with Crippen molar-refractivity contribution in [1.82, 2.24) is 25.3 Å². The monoisotopic (exact) mass is 627 g/mol. The summed E-state index contributed by atoms with van der Waals surface area (Å²) in [5, 5.41) is 6.32. The molecule has 2 fully saturated rings. The highest BCUT2D eigenvalue weighted by Crippen LogP contribution is 2.30. The lowest BCUT2D eigenvalue weighted by atomic mass is 9.76. The van der Waals surface area contributed by atoms with Crippen LogP contribution in [0.1, 0.15) is 79.7 Å². The van der Waals surface area contributed by atoms with E-state index in [-0.39, 0.29) is 41.7 Å². The summed E-state index contributed by atoms with van der Waals surface area (Å²) in [7, 11) is 4.94. The maximum atomic E-state index is 14.3. The standard InChI is InChI=1S/C35H57N5O5/c1-23(2)27(22-39-20-14-18-25(39)31(42)40-21-15-19-26(40)33(44)45-10)38(9)32(43)29(34(3,4)5)37-30(41)28(36-8)35(6,7)24-16-12-11-13-17-24/h11-13,16-17,23,25-29,36H,14-15,18-22H2,1-10H3,(H,37,41)/t25?,26-,27+,28+,29?/m0/s1. The maximum absolute atomic E-state index is 14.3. The number of amides is 3. The normalized spacial score (nSPS) is 21.4. The SMILES string of the molecule is CN[C@H](C(=O)NC(C(=O)N(C)[C@H](CN1CCCC1C(=O)N1CCC[C@H]1C(=O)OC)C(C)C)C(C)(C)C)C(C)(C)c1ccccc1. The molecule has 2 heterocycles. The number of hydrogen-bond acceptors (Lipinski definition) is 7. The minimum Gasteiger partial charge on any atom is -0.467 e. The van der Waals surface area contributed by atoms with Crippen LogP contribution in [0, 0.1) is 11.3 Å². The third-order valence-electron chi connectivity index (χ3n) is 9.88. The van der Waals surface area contributed by atoms with E-state index >= 15 is 0 Å². The van der Waals surface area contributed by atoms with E-state index in [9.17, 15) is 19.2 Å². The van der Waals surface area contributed by atoms with E-state index in [1.54, 1.807) is 16.8 Å².